The van der Waals surface area contributed by atoms with Gasteiger partial charge in [0.25, 0.3) is 0 Å². The van der Waals surface area contributed by atoms with Gasteiger partial charge in [0, 0.05) is 5.69 Å². The smallest absolute Gasteiger partial charge is 0.179 e. The van der Waals surface area contributed by atoms with Gasteiger partial charge in [0.2, 0.25) is 0 Å². The summed E-state index contributed by atoms with van der Waals surface area (Å²) in [6.07, 6.45) is 1.85. The second-order valence-corrected chi connectivity index (χ2v) is 3.99. The van der Waals surface area contributed by atoms with Gasteiger partial charge >= 0.3 is 0 Å². The van der Waals surface area contributed by atoms with Crippen molar-refractivity contribution in [1.29, 1.82) is 0 Å². The Bertz CT molecular complexity index is 565. The molecule has 2 heterocycles. The van der Waals surface area contributed by atoms with Gasteiger partial charge in [-0.05, 0) is 38.2 Å². The Kier molecular flexibility index (Phi) is 2.44. The molecule has 0 aliphatic rings. The summed E-state index contributed by atoms with van der Waals surface area (Å²) < 4.78 is 2.67. The molecule has 0 amide bonds. The molecule has 0 aliphatic heterocycles. The number of aromatic amines is 1. The normalized spacial score (nSPS) is 12.9. The van der Waals surface area contributed by atoms with Gasteiger partial charge in [-0.3, -0.25) is 4.57 Å². The van der Waals surface area contributed by atoms with Gasteiger partial charge in [-0.25, -0.2) is 4.98 Å². The standard InChI is InChI=1S/C11H13N3S/c1-4-8(3)14-10-9(13-11(14)15)6-5-7(2)12-10/h4-6,8H,1H2,2-3H3,(H,13,15). The Hall–Kier alpha value is -1.42. The highest BCUT2D eigenvalue weighted by atomic mass is 32.1. The van der Waals surface area contributed by atoms with E-state index in [9.17, 15) is 0 Å². The van der Waals surface area contributed by atoms with Crippen LogP contribution in [-0.4, -0.2) is 14.5 Å². The molecule has 1 N–H and O–H groups in total. The lowest BCUT2D eigenvalue weighted by Gasteiger charge is -2.08. The maximum atomic E-state index is 5.26. The molecular formula is C11H13N3S. The second kappa shape index (κ2) is 3.62. The van der Waals surface area contributed by atoms with E-state index in [4.69, 9.17) is 12.2 Å². The average molecular weight is 219 g/mol. The highest BCUT2D eigenvalue weighted by Gasteiger charge is 2.09. The second-order valence-electron chi connectivity index (χ2n) is 3.60. The molecule has 0 saturated heterocycles. The minimum absolute atomic E-state index is 0.153. The lowest BCUT2D eigenvalue weighted by Crippen LogP contribution is -2.03. The zero-order valence-electron chi connectivity index (χ0n) is 8.82. The third kappa shape index (κ3) is 1.61. The molecule has 1 unspecified atom stereocenters. The Morgan fingerprint density at radius 1 is 1.60 bits per heavy atom. The van der Waals surface area contributed by atoms with Crippen LogP contribution in [-0.2, 0) is 0 Å². The number of rotatable bonds is 2. The van der Waals surface area contributed by atoms with E-state index in [0.29, 0.717) is 4.77 Å². The van der Waals surface area contributed by atoms with E-state index in [0.717, 1.165) is 16.9 Å². The summed E-state index contributed by atoms with van der Waals surface area (Å²) in [6, 6.07) is 4.12. The number of imidazole rings is 1. The number of nitrogens with zero attached hydrogens (tertiary/aromatic N) is 2. The van der Waals surface area contributed by atoms with Crippen molar-refractivity contribution in [1.82, 2.24) is 14.5 Å². The van der Waals surface area contributed by atoms with Crippen LogP contribution in [0.15, 0.2) is 24.8 Å². The van der Waals surface area contributed by atoms with Crippen LogP contribution >= 0.6 is 12.2 Å². The number of hydrogen-bond acceptors (Lipinski definition) is 2. The molecule has 2 rings (SSSR count). The number of allylic oxidation sites excluding steroid dienone is 1. The molecule has 0 aromatic carbocycles. The van der Waals surface area contributed by atoms with Gasteiger partial charge in [0.05, 0.1) is 11.6 Å². The lowest BCUT2D eigenvalue weighted by atomic mass is 10.3. The van der Waals surface area contributed by atoms with Crippen LogP contribution in [0.25, 0.3) is 11.2 Å². The van der Waals surface area contributed by atoms with E-state index in [1.54, 1.807) is 0 Å². The third-order valence-corrected chi connectivity index (χ3v) is 2.75. The van der Waals surface area contributed by atoms with Crippen molar-refractivity contribution >= 4 is 23.4 Å². The zero-order chi connectivity index (χ0) is 11.0. The lowest BCUT2D eigenvalue weighted by molar-refractivity contribution is 0.666. The van der Waals surface area contributed by atoms with Gasteiger partial charge in [-0.1, -0.05) is 6.08 Å². The molecule has 0 fully saturated rings. The molecule has 0 radical (unpaired) electrons. The predicted octanol–water partition coefficient (Wildman–Crippen LogP) is 3.15. The summed E-state index contributed by atoms with van der Waals surface area (Å²) in [6.45, 7) is 7.79. The van der Waals surface area contributed by atoms with E-state index >= 15 is 0 Å². The topological polar surface area (TPSA) is 33.6 Å². The fourth-order valence-electron chi connectivity index (χ4n) is 1.58. The van der Waals surface area contributed by atoms with Crippen LogP contribution in [0, 0.1) is 11.7 Å². The molecular weight excluding hydrogens is 206 g/mol. The maximum Gasteiger partial charge on any atom is 0.179 e. The molecule has 0 bridgehead atoms. The number of H-pyrrole nitrogens is 1. The SMILES string of the molecule is C=CC(C)n1c(=S)[nH]c2ccc(C)nc21. The minimum Gasteiger partial charge on any atom is -0.329 e. The summed E-state index contributed by atoms with van der Waals surface area (Å²) in [5.41, 5.74) is 2.85. The van der Waals surface area contributed by atoms with Crippen molar-refractivity contribution < 1.29 is 0 Å². The van der Waals surface area contributed by atoms with E-state index in [-0.39, 0.29) is 6.04 Å². The van der Waals surface area contributed by atoms with Crippen LogP contribution < -0.4 is 0 Å². The summed E-state index contributed by atoms with van der Waals surface area (Å²) >= 11 is 5.26. The summed E-state index contributed by atoms with van der Waals surface area (Å²) in [5, 5.41) is 0. The van der Waals surface area contributed by atoms with Crippen molar-refractivity contribution in [3.8, 4) is 0 Å². The first-order chi connectivity index (χ1) is 7.13. The van der Waals surface area contributed by atoms with Gasteiger partial charge in [-0.2, -0.15) is 0 Å². The number of hydrogen-bond donors (Lipinski definition) is 1. The first kappa shape index (κ1) is 10.1. The van der Waals surface area contributed by atoms with Gasteiger partial charge in [0.15, 0.2) is 10.4 Å². The van der Waals surface area contributed by atoms with Gasteiger partial charge in [0.1, 0.15) is 0 Å². The van der Waals surface area contributed by atoms with Crippen molar-refractivity contribution in [2.75, 3.05) is 0 Å². The first-order valence-corrected chi connectivity index (χ1v) is 5.24. The monoisotopic (exact) mass is 219 g/mol. The number of fused-ring (bicyclic) bond motifs is 1. The molecule has 2 aromatic heterocycles. The first-order valence-electron chi connectivity index (χ1n) is 4.84. The highest BCUT2D eigenvalue weighted by Crippen LogP contribution is 2.18. The van der Waals surface area contributed by atoms with Crippen molar-refractivity contribution in [2.24, 2.45) is 0 Å². The largest absolute Gasteiger partial charge is 0.329 e. The van der Waals surface area contributed by atoms with Crippen molar-refractivity contribution in [3.05, 3.63) is 35.3 Å². The Morgan fingerprint density at radius 2 is 2.33 bits per heavy atom. The van der Waals surface area contributed by atoms with Gasteiger partial charge in [-0.15, -0.1) is 6.58 Å². The number of pyridine rings is 1. The van der Waals surface area contributed by atoms with Crippen LogP contribution in [0.1, 0.15) is 18.7 Å². The zero-order valence-corrected chi connectivity index (χ0v) is 9.64. The number of aromatic nitrogens is 3. The minimum atomic E-state index is 0.153. The van der Waals surface area contributed by atoms with Crippen molar-refractivity contribution in [2.45, 2.75) is 19.9 Å². The molecule has 78 valence electrons. The average Bonchev–Trinajstić information content (AvgIpc) is 2.52. The molecule has 15 heavy (non-hydrogen) atoms. The molecule has 2 aromatic rings. The Balaban J connectivity index is 2.82. The van der Waals surface area contributed by atoms with Crippen molar-refractivity contribution in [3.63, 3.8) is 0 Å². The van der Waals surface area contributed by atoms with Crippen LogP contribution in [0.4, 0.5) is 0 Å². The molecule has 0 saturated carbocycles. The highest BCUT2D eigenvalue weighted by molar-refractivity contribution is 7.71. The van der Waals surface area contributed by atoms with Gasteiger partial charge < -0.3 is 4.98 Å². The molecule has 0 aliphatic carbocycles. The third-order valence-electron chi connectivity index (χ3n) is 2.45. The fourth-order valence-corrected chi connectivity index (χ4v) is 1.94. The van der Waals surface area contributed by atoms with E-state index in [2.05, 4.69) is 16.5 Å². The van der Waals surface area contributed by atoms with E-state index in [1.165, 1.54) is 0 Å². The maximum absolute atomic E-state index is 5.26. The van der Waals surface area contributed by atoms with Crippen LogP contribution in [0.3, 0.4) is 0 Å². The van der Waals surface area contributed by atoms with E-state index < -0.39 is 0 Å². The summed E-state index contributed by atoms with van der Waals surface area (Å²) in [4.78, 5) is 7.62. The Labute approximate surface area is 93.5 Å². The predicted molar refractivity (Wildman–Crippen MR) is 64.6 cm³/mol. The molecule has 4 heteroatoms. The molecule has 0 spiro atoms. The van der Waals surface area contributed by atoms with Crippen LogP contribution in [0.5, 0.6) is 0 Å². The number of nitrogens with one attached hydrogen (secondary N) is 1. The molecule has 1 atom stereocenters. The molecule has 3 nitrogen and oxygen atoms in total. The van der Waals surface area contributed by atoms with Crippen LogP contribution in [0.2, 0.25) is 0 Å². The summed E-state index contributed by atoms with van der Waals surface area (Å²) in [7, 11) is 0. The van der Waals surface area contributed by atoms with E-state index in [1.807, 2.05) is 36.6 Å². The fraction of sp³-hybridized carbons (Fsp3) is 0.273. The Morgan fingerprint density at radius 3 is 3.00 bits per heavy atom. The summed E-state index contributed by atoms with van der Waals surface area (Å²) in [5.74, 6) is 0. The quantitative estimate of drug-likeness (QED) is 0.622. The number of aryl methyl sites for hydroxylation is 1.